The van der Waals surface area contributed by atoms with Crippen LogP contribution >= 0.6 is 0 Å². The molecule has 1 aliphatic heterocycles. The van der Waals surface area contributed by atoms with Crippen LogP contribution in [0.5, 0.6) is 0 Å². The number of esters is 1. The van der Waals surface area contributed by atoms with Crippen molar-refractivity contribution in [2.75, 3.05) is 18.4 Å². The molecule has 1 amide bonds. The van der Waals surface area contributed by atoms with Gasteiger partial charge in [0, 0.05) is 31.2 Å². The maximum atomic E-state index is 12.6. The molecule has 154 valence electrons. The normalized spacial score (nSPS) is 16.7. The van der Waals surface area contributed by atoms with E-state index in [2.05, 4.69) is 10.3 Å². The smallest absolute Gasteiger partial charge is 0.309 e. The van der Waals surface area contributed by atoms with Crippen LogP contribution in [0.2, 0.25) is 0 Å². The summed E-state index contributed by atoms with van der Waals surface area (Å²) in [6.45, 7) is 1.93. The van der Waals surface area contributed by atoms with E-state index < -0.39 is 33.9 Å². The fourth-order valence-corrected chi connectivity index (χ4v) is 4.50. The van der Waals surface area contributed by atoms with Crippen molar-refractivity contribution in [3.05, 3.63) is 54.9 Å². The zero-order valence-corrected chi connectivity index (χ0v) is 16.8. The molecular formula is C20H23N3O5S. The van der Waals surface area contributed by atoms with Gasteiger partial charge in [-0.25, -0.2) is 8.42 Å². The summed E-state index contributed by atoms with van der Waals surface area (Å²) in [5, 5.41) is 2.69. The molecule has 1 saturated heterocycles. The van der Waals surface area contributed by atoms with Gasteiger partial charge in [0.1, 0.15) is 4.90 Å². The molecule has 1 fully saturated rings. The first kappa shape index (κ1) is 20.9. The van der Waals surface area contributed by atoms with Crippen LogP contribution in [-0.4, -0.2) is 48.8 Å². The number of aromatic nitrogens is 1. The van der Waals surface area contributed by atoms with E-state index in [9.17, 15) is 18.0 Å². The number of hydrogen-bond donors (Lipinski definition) is 1. The fraction of sp³-hybridized carbons (Fsp3) is 0.350. The number of carbonyl (C=O) groups excluding carboxylic acids is 2. The lowest BCUT2D eigenvalue weighted by atomic mass is 9.98. The molecule has 0 spiro atoms. The first-order valence-corrected chi connectivity index (χ1v) is 10.8. The summed E-state index contributed by atoms with van der Waals surface area (Å²) in [6, 6.07) is 12.0. The van der Waals surface area contributed by atoms with Gasteiger partial charge in [0.2, 0.25) is 10.0 Å². The number of piperidine rings is 1. The number of amides is 1. The van der Waals surface area contributed by atoms with Gasteiger partial charge in [-0.05, 0) is 44.0 Å². The summed E-state index contributed by atoms with van der Waals surface area (Å²) in [5.74, 6) is -1.34. The molecule has 1 atom stereocenters. The van der Waals surface area contributed by atoms with Crippen LogP contribution in [0.25, 0.3) is 0 Å². The van der Waals surface area contributed by atoms with Crippen molar-refractivity contribution in [2.45, 2.75) is 30.8 Å². The number of carbonyl (C=O) groups is 2. The maximum Gasteiger partial charge on any atom is 0.309 e. The van der Waals surface area contributed by atoms with Gasteiger partial charge in [0.25, 0.3) is 5.91 Å². The Labute approximate surface area is 169 Å². The van der Waals surface area contributed by atoms with Gasteiger partial charge in [-0.3, -0.25) is 14.6 Å². The monoisotopic (exact) mass is 417 g/mol. The second-order valence-electron chi connectivity index (χ2n) is 6.80. The number of benzene rings is 1. The molecule has 0 saturated carbocycles. The molecule has 1 aromatic heterocycles. The molecule has 29 heavy (non-hydrogen) atoms. The van der Waals surface area contributed by atoms with Crippen molar-refractivity contribution < 1.29 is 22.7 Å². The van der Waals surface area contributed by atoms with E-state index in [1.807, 2.05) is 6.07 Å². The molecule has 1 aliphatic rings. The summed E-state index contributed by atoms with van der Waals surface area (Å²) >= 11 is 0. The minimum atomic E-state index is -3.63. The lowest BCUT2D eigenvalue weighted by Gasteiger charge is -2.30. The van der Waals surface area contributed by atoms with Crippen molar-refractivity contribution >= 4 is 27.6 Å². The number of sulfonamides is 1. The van der Waals surface area contributed by atoms with Gasteiger partial charge in [0.05, 0.1) is 5.92 Å². The van der Waals surface area contributed by atoms with Crippen LogP contribution in [0, 0.1) is 5.92 Å². The van der Waals surface area contributed by atoms with Gasteiger partial charge in [-0.2, -0.15) is 4.31 Å². The Balaban J connectivity index is 1.51. The van der Waals surface area contributed by atoms with Gasteiger partial charge in [0.15, 0.2) is 6.10 Å². The number of nitrogens with one attached hydrogen (secondary N) is 1. The maximum absolute atomic E-state index is 12.6. The quantitative estimate of drug-likeness (QED) is 0.721. The molecule has 0 bridgehead atoms. The SMILES string of the molecule is CC(OC(=O)C1CCN(S(=O)(=O)c2cccnc2)CC1)C(=O)Nc1ccccc1. The number of para-hydroxylation sites is 1. The van der Waals surface area contributed by atoms with Gasteiger partial charge >= 0.3 is 5.97 Å². The summed E-state index contributed by atoms with van der Waals surface area (Å²) in [5.41, 5.74) is 0.620. The molecule has 1 unspecified atom stereocenters. The highest BCUT2D eigenvalue weighted by Gasteiger charge is 2.34. The Bertz CT molecular complexity index is 943. The topological polar surface area (TPSA) is 106 Å². The third-order valence-electron chi connectivity index (χ3n) is 4.76. The lowest BCUT2D eigenvalue weighted by Crippen LogP contribution is -2.41. The third kappa shape index (κ3) is 5.18. The van der Waals surface area contributed by atoms with E-state index in [0.717, 1.165) is 0 Å². The fourth-order valence-electron chi connectivity index (χ4n) is 3.07. The Hall–Kier alpha value is -2.78. The Morgan fingerprint density at radius 2 is 1.83 bits per heavy atom. The highest BCUT2D eigenvalue weighted by atomic mass is 32.2. The predicted molar refractivity (Wildman–Crippen MR) is 106 cm³/mol. The van der Waals surface area contributed by atoms with Crippen LogP contribution in [0.1, 0.15) is 19.8 Å². The largest absolute Gasteiger partial charge is 0.452 e. The minimum absolute atomic E-state index is 0.132. The average molecular weight is 417 g/mol. The first-order chi connectivity index (χ1) is 13.9. The minimum Gasteiger partial charge on any atom is -0.452 e. The molecule has 2 aromatic rings. The molecular weight excluding hydrogens is 394 g/mol. The standard InChI is InChI=1S/C20H23N3O5S/c1-15(19(24)22-17-6-3-2-4-7-17)28-20(25)16-9-12-23(13-10-16)29(26,27)18-8-5-11-21-14-18/h2-8,11,14-16H,9-10,12-13H2,1H3,(H,22,24). The van der Waals surface area contributed by atoms with Gasteiger partial charge in [-0.15, -0.1) is 0 Å². The van der Waals surface area contributed by atoms with Crippen LogP contribution in [0.15, 0.2) is 59.8 Å². The Morgan fingerprint density at radius 3 is 2.45 bits per heavy atom. The third-order valence-corrected chi connectivity index (χ3v) is 6.65. The lowest BCUT2D eigenvalue weighted by molar-refractivity contribution is -0.158. The summed E-state index contributed by atoms with van der Waals surface area (Å²) in [6.07, 6.45) is 2.55. The molecule has 0 radical (unpaired) electrons. The predicted octanol–water partition coefficient (Wildman–Crippen LogP) is 2.05. The van der Waals surface area contributed by atoms with Crippen LogP contribution < -0.4 is 5.32 Å². The average Bonchev–Trinajstić information content (AvgIpc) is 2.75. The van der Waals surface area contributed by atoms with Crippen molar-refractivity contribution in [1.82, 2.24) is 9.29 Å². The van der Waals surface area contributed by atoms with E-state index in [-0.39, 0.29) is 18.0 Å². The van der Waals surface area contributed by atoms with Crippen LogP contribution in [0.4, 0.5) is 5.69 Å². The zero-order valence-electron chi connectivity index (χ0n) is 16.0. The first-order valence-electron chi connectivity index (χ1n) is 9.34. The number of anilines is 1. The van der Waals surface area contributed by atoms with Crippen LogP contribution in [-0.2, 0) is 24.3 Å². The van der Waals surface area contributed by atoms with Crippen molar-refractivity contribution in [1.29, 1.82) is 0 Å². The molecule has 0 aliphatic carbocycles. The second kappa shape index (κ2) is 9.15. The number of hydrogen-bond acceptors (Lipinski definition) is 6. The Morgan fingerprint density at radius 1 is 1.14 bits per heavy atom. The molecule has 9 heteroatoms. The van der Waals surface area contributed by atoms with E-state index in [1.54, 1.807) is 30.3 Å². The molecule has 1 aromatic carbocycles. The number of ether oxygens (including phenoxy) is 1. The summed E-state index contributed by atoms with van der Waals surface area (Å²) in [7, 11) is -3.63. The van der Waals surface area contributed by atoms with E-state index >= 15 is 0 Å². The van der Waals surface area contributed by atoms with E-state index in [1.165, 1.54) is 29.7 Å². The highest BCUT2D eigenvalue weighted by Crippen LogP contribution is 2.24. The van der Waals surface area contributed by atoms with Crippen LogP contribution in [0.3, 0.4) is 0 Å². The molecule has 2 heterocycles. The number of nitrogens with zero attached hydrogens (tertiary/aromatic N) is 2. The summed E-state index contributed by atoms with van der Waals surface area (Å²) < 4.78 is 31.9. The highest BCUT2D eigenvalue weighted by molar-refractivity contribution is 7.89. The van der Waals surface area contributed by atoms with Crippen molar-refractivity contribution in [3.8, 4) is 0 Å². The Kier molecular flexibility index (Phi) is 6.60. The van der Waals surface area contributed by atoms with Gasteiger partial charge < -0.3 is 10.1 Å². The number of pyridine rings is 1. The zero-order chi connectivity index (χ0) is 20.9. The van der Waals surface area contributed by atoms with E-state index in [0.29, 0.717) is 18.5 Å². The number of rotatable bonds is 6. The molecule has 8 nitrogen and oxygen atoms in total. The van der Waals surface area contributed by atoms with Crippen molar-refractivity contribution in [2.24, 2.45) is 5.92 Å². The van der Waals surface area contributed by atoms with Gasteiger partial charge in [-0.1, -0.05) is 18.2 Å². The molecule has 3 rings (SSSR count). The van der Waals surface area contributed by atoms with E-state index in [4.69, 9.17) is 4.74 Å². The second-order valence-corrected chi connectivity index (χ2v) is 8.74. The summed E-state index contributed by atoms with van der Waals surface area (Å²) in [4.78, 5) is 28.6. The van der Waals surface area contributed by atoms with Crippen molar-refractivity contribution in [3.63, 3.8) is 0 Å². The molecule has 1 N–H and O–H groups in total.